The van der Waals surface area contributed by atoms with Crippen LogP contribution in [-0.2, 0) is 25.3 Å². The summed E-state index contributed by atoms with van der Waals surface area (Å²) in [4.78, 5) is 25.7. The third-order valence-corrected chi connectivity index (χ3v) is 11.6. The molecule has 0 saturated carbocycles. The molecule has 3 aromatic carbocycles. The Hall–Kier alpha value is -3.42. The summed E-state index contributed by atoms with van der Waals surface area (Å²) >= 11 is 0. The predicted octanol–water partition coefficient (Wildman–Crippen LogP) is 5.98. The number of hydrogen-bond donors (Lipinski definition) is 1. The average Bonchev–Trinajstić information content (AvgIpc) is 2.91. The van der Waals surface area contributed by atoms with Crippen LogP contribution in [-0.4, -0.2) is 38.6 Å². The number of carbonyl (C=O) groups excluding carboxylic acids is 2. The van der Waals surface area contributed by atoms with Gasteiger partial charge in [-0.05, 0) is 54.6 Å². The summed E-state index contributed by atoms with van der Waals surface area (Å²) in [6, 6.07) is 29.5. The minimum Gasteiger partial charge on any atom is -0.459 e. The summed E-state index contributed by atoms with van der Waals surface area (Å²) in [6.07, 6.45) is 0.248. The van der Waals surface area contributed by atoms with Gasteiger partial charge in [0, 0.05) is 6.61 Å². The van der Waals surface area contributed by atoms with Crippen LogP contribution in [0.15, 0.2) is 91.0 Å². The molecule has 40 heavy (non-hydrogen) atoms. The van der Waals surface area contributed by atoms with E-state index in [0.29, 0.717) is 19.4 Å². The first kappa shape index (κ1) is 31.1. The molecule has 0 fully saturated rings. The largest absolute Gasteiger partial charge is 0.459 e. The maximum absolute atomic E-state index is 13.1. The van der Waals surface area contributed by atoms with Gasteiger partial charge in [-0.1, -0.05) is 112 Å². The molecule has 0 spiro atoms. The van der Waals surface area contributed by atoms with Gasteiger partial charge in [-0.25, -0.2) is 9.59 Å². The number of esters is 1. The molecule has 3 aromatic rings. The van der Waals surface area contributed by atoms with Gasteiger partial charge in [-0.2, -0.15) is 0 Å². The molecule has 0 unspecified atom stereocenters. The van der Waals surface area contributed by atoms with Gasteiger partial charge in [-0.3, -0.25) is 0 Å². The van der Waals surface area contributed by atoms with Crippen LogP contribution in [0.5, 0.6) is 0 Å². The molecule has 0 heterocycles. The molecule has 0 aromatic heterocycles. The van der Waals surface area contributed by atoms with Crippen molar-refractivity contribution < 1.29 is 23.5 Å². The lowest BCUT2D eigenvalue weighted by Gasteiger charge is -2.43. The quantitative estimate of drug-likeness (QED) is 0.177. The van der Waals surface area contributed by atoms with Gasteiger partial charge < -0.3 is 19.2 Å². The Balaban J connectivity index is 1.77. The number of carbonyl (C=O) groups is 2. The number of alkyl carbamates (subject to hydrolysis) is 1. The van der Waals surface area contributed by atoms with Crippen LogP contribution in [0.2, 0.25) is 5.04 Å². The summed E-state index contributed by atoms with van der Waals surface area (Å²) in [6.45, 7) is 12.6. The van der Waals surface area contributed by atoms with Crippen molar-refractivity contribution in [2.75, 3.05) is 6.61 Å². The van der Waals surface area contributed by atoms with Gasteiger partial charge in [0.15, 0.2) is 0 Å². The number of benzene rings is 3. The molecule has 7 heteroatoms. The molecule has 1 atom stereocenters. The minimum absolute atomic E-state index is 0.130. The Kier molecular flexibility index (Phi) is 10.7. The molecular weight excluding hydrogens is 518 g/mol. The SMILES string of the molecule is CC(C)(C)OC(=O)N[C@H](CCCO[Si](c1ccccc1)(c1ccccc1)C(C)(C)C)C(=O)OCc1ccccc1. The smallest absolute Gasteiger partial charge is 0.408 e. The van der Waals surface area contributed by atoms with Crippen LogP contribution in [0.4, 0.5) is 4.79 Å². The second kappa shape index (κ2) is 13.8. The lowest BCUT2D eigenvalue weighted by molar-refractivity contribution is -0.147. The van der Waals surface area contributed by atoms with Crippen molar-refractivity contribution in [3.05, 3.63) is 96.6 Å². The summed E-state index contributed by atoms with van der Waals surface area (Å²) in [7, 11) is -2.70. The number of nitrogens with one attached hydrogen (secondary N) is 1. The maximum Gasteiger partial charge on any atom is 0.408 e. The van der Waals surface area contributed by atoms with Crippen LogP contribution in [0.3, 0.4) is 0 Å². The van der Waals surface area contributed by atoms with Crippen molar-refractivity contribution in [3.63, 3.8) is 0 Å². The number of amides is 1. The Morgan fingerprint density at radius 3 is 1.75 bits per heavy atom. The number of rotatable bonds is 11. The zero-order valence-electron chi connectivity index (χ0n) is 24.6. The van der Waals surface area contributed by atoms with Crippen molar-refractivity contribution in [3.8, 4) is 0 Å². The predicted molar refractivity (Wildman–Crippen MR) is 162 cm³/mol. The molecule has 1 amide bonds. The lowest BCUT2D eigenvalue weighted by Crippen LogP contribution is -2.66. The molecule has 0 aliphatic rings. The van der Waals surface area contributed by atoms with Gasteiger partial charge in [0.05, 0.1) is 0 Å². The van der Waals surface area contributed by atoms with Gasteiger partial charge in [0.2, 0.25) is 0 Å². The third kappa shape index (κ3) is 8.54. The van der Waals surface area contributed by atoms with Crippen molar-refractivity contribution >= 4 is 30.8 Å². The van der Waals surface area contributed by atoms with E-state index in [2.05, 4.69) is 74.6 Å². The van der Waals surface area contributed by atoms with E-state index >= 15 is 0 Å². The highest BCUT2D eigenvalue weighted by Crippen LogP contribution is 2.36. The minimum atomic E-state index is -2.70. The van der Waals surface area contributed by atoms with E-state index in [0.717, 1.165) is 5.56 Å². The van der Waals surface area contributed by atoms with Crippen molar-refractivity contribution in [1.29, 1.82) is 0 Å². The molecular formula is C33H43NO5Si. The zero-order chi connectivity index (χ0) is 29.2. The second-order valence-electron chi connectivity index (χ2n) is 11.9. The molecule has 0 aliphatic carbocycles. The van der Waals surface area contributed by atoms with Gasteiger partial charge in [-0.15, -0.1) is 0 Å². The van der Waals surface area contributed by atoms with E-state index in [1.165, 1.54) is 10.4 Å². The topological polar surface area (TPSA) is 73.9 Å². The van der Waals surface area contributed by atoms with Gasteiger partial charge in [0.1, 0.15) is 18.2 Å². The first-order valence-corrected chi connectivity index (χ1v) is 15.8. The molecule has 214 valence electrons. The highest BCUT2D eigenvalue weighted by molar-refractivity contribution is 6.99. The van der Waals surface area contributed by atoms with Gasteiger partial charge >= 0.3 is 12.1 Å². The first-order valence-electron chi connectivity index (χ1n) is 13.9. The fourth-order valence-corrected chi connectivity index (χ4v) is 9.41. The normalized spacial score (nSPS) is 12.8. The Morgan fingerprint density at radius 2 is 1.27 bits per heavy atom. The number of hydrogen-bond acceptors (Lipinski definition) is 5. The highest BCUT2D eigenvalue weighted by atomic mass is 28.4. The molecule has 1 N–H and O–H groups in total. The van der Waals surface area contributed by atoms with Crippen LogP contribution in [0, 0.1) is 0 Å². The number of ether oxygens (including phenoxy) is 2. The molecule has 3 rings (SSSR count). The summed E-state index contributed by atoms with van der Waals surface area (Å²) < 4.78 is 17.9. The molecule has 0 aliphatic heterocycles. The van der Waals surface area contributed by atoms with Crippen LogP contribution < -0.4 is 15.7 Å². The van der Waals surface area contributed by atoms with Crippen LogP contribution in [0.25, 0.3) is 0 Å². The van der Waals surface area contributed by atoms with Crippen LogP contribution in [0.1, 0.15) is 59.9 Å². The second-order valence-corrected chi connectivity index (χ2v) is 16.3. The highest BCUT2D eigenvalue weighted by Gasteiger charge is 2.50. The zero-order valence-corrected chi connectivity index (χ0v) is 25.6. The van der Waals surface area contributed by atoms with Crippen molar-refractivity contribution in [2.45, 2.75) is 77.7 Å². The van der Waals surface area contributed by atoms with Crippen molar-refractivity contribution in [1.82, 2.24) is 5.32 Å². The van der Waals surface area contributed by atoms with E-state index in [1.807, 2.05) is 42.5 Å². The fraction of sp³-hybridized carbons (Fsp3) is 0.394. The average molecular weight is 562 g/mol. The Labute approximate surface area is 240 Å². The van der Waals surface area contributed by atoms with Crippen molar-refractivity contribution in [2.24, 2.45) is 0 Å². The van der Waals surface area contributed by atoms with E-state index in [-0.39, 0.29) is 11.6 Å². The Bertz CT molecular complexity index is 1160. The third-order valence-electron chi connectivity index (χ3n) is 6.57. The lowest BCUT2D eigenvalue weighted by atomic mass is 10.1. The van der Waals surface area contributed by atoms with E-state index in [4.69, 9.17) is 13.9 Å². The standard InChI is InChI=1S/C33H43NO5Si/c1-32(2,3)39-31(36)34-29(30(35)37-25-26-17-10-7-11-18-26)23-16-24-38-40(33(4,5)6,27-19-12-8-13-20-27)28-21-14-9-15-22-28/h7-15,17-22,29H,16,23-25H2,1-6H3,(H,34,36)/t29-/m1/s1. The molecule has 0 saturated heterocycles. The Morgan fingerprint density at radius 1 is 0.775 bits per heavy atom. The molecule has 6 nitrogen and oxygen atoms in total. The maximum atomic E-state index is 13.1. The summed E-state index contributed by atoms with van der Waals surface area (Å²) in [5.74, 6) is -0.500. The van der Waals surface area contributed by atoms with Crippen LogP contribution >= 0.6 is 0 Å². The first-order chi connectivity index (χ1) is 18.9. The summed E-state index contributed by atoms with van der Waals surface area (Å²) in [5, 5.41) is 4.95. The van der Waals surface area contributed by atoms with Gasteiger partial charge in [0.25, 0.3) is 8.32 Å². The molecule has 0 radical (unpaired) electrons. The molecule has 0 bridgehead atoms. The fourth-order valence-electron chi connectivity index (χ4n) is 4.80. The van der Waals surface area contributed by atoms with E-state index < -0.39 is 32.0 Å². The monoisotopic (exact) mass is 561 g/mol. The van der Waals surface area contributed by atoms with E-state index in [1.54, 1.807) is 20.8 Å². The van der Waals surface area contributed by atoms with E-state index in [9.17, 15) is 9.59 Å². The summed E-state index contributed by atoms with van der Waals surface area (Å²) in [5.41, 5.74) is 0.191.